The van der Waals surface area contributed by atoms with E-state index >= 15 is 0 Å². The van der Waals surface area contributed by atoms with Crippen molar-refractivity contribution in [1.82, 2.24) is 10.5 Å². The number of carbonyl (C=O) groups is 1. The van der Waals surface area contributed by atoms with Crippen LogP contribution in [0.15, 0.2) is 22.7 Å². The topological polar surface area (TPSA) is 67.2 Å². The lowest BCUT2D eigenvalue weighted by Gasteiger charge is -2.17. The average molecular weight is 314 g/mol. The fourth-order valence-corrected chi connectivity index (χ4v) is 2.82. The third kappa shape index (κ3) is 3.82. The van der Waals surface area contributed by atoms with Crippen molar-refractivity contribution in [3.8, 4) is 0 Å². The van der Waals surface area contributed by atoms with Gasteiger partial charge in [-0.05, 0) is 32.9 Å². The van der Waals surface area contributed by atoms with Gasteiger partial charge in [0.25, 0.3) is 0 Å². The van der Waals surface area contributed by atoms with Crippen LogP contribution in [0.3, 0.4) is 0 Å². The fraction of sp³-hybridized carbons (Fsp3) is 0.385. The van der Waals surface area contributed by atoms with Gasteiger partial charge in [0.2, 0.25) is 11.8 Å². The summed E-state index contributed by atoms with van der Waals surface area (Å²) < 4.78 is 5.69. The molecule has 0 aliphatic carbocycles. The lowest BCUT2D eigenvalue weighted by atomic mass is 10.2. The molecule has 0 saturated carbocycles. The van der Waals surface area contributed by atoms with Crippen LogP contribution in [0.4, 0.5) is 5.88 Å². The lowest BCUT2D eigenvalue weighted by Crippen LogP contribution is -2.39. The van der Waals surface area contributed by atoms with E-state index in [1.165, 1.54) is 11.3 Å². The van der Waals surface area contributed by atoms with E-state index in [0.717, 1.165) is 14.9 Å². The first kappa shape index (κ1) is 15.0. The Morgan fingerprint density at radius 3 is 2.75 bits per heavy atom. The van der Waals surface area contributed by atoms with Gasteiger partial charge in [0.1, 0.15) is 0 Å². The number of anilines is 1. The van der Waals surface area contributed by atoms with Gasteiger partial charge < -0.3 is 4.52 Å². The Labute approximate surface area is 126 Å². The number of nitrogens with zero attached hydrogens (tertiary/aromatic N) is 1. The van der Waals surface area contributed by atoms with E-state index in [1.54, 1.807) is 19.9 Å². The summed E-state index contributed by atoms with van der Waals surface area (Å²) in [5, 5.41) is 9.60. The smallest absolute Gasteiger partial charge is 0.243 e. The summed E-state index contributed by atoms with van der Waals surface area (Å²) in [7, 11) is 0. The van der Waals surface area contributed by atoms with E-state index in [1.807, 2.05) is 19.1 Å². The molecule has 1 amide bonds. The second-order valence-electron chi connectivity index (χ2n) is 4.57. The van der Waals surface area contributed by atoms with E-state index in [0.29, 0.717) is 5.88 Å². The molecule has 5 nitrogen and oxygen atoms in total. The normalized spacial score (nSPS) is 14.0. The highest BCUT2D eigenvalue weighted by atomic mass is 35.5. The predicted octanol–water partition coefficient (Wildman–Crippen LogP) is 3.38. The van der Waals surface area contributed by atoms with Gasteiger partial charge in [-0.15, -0.1) is 11.3 Å². The highest BCUT2D eigenvalue weighted by molar-refractivity contribution is 7.16. The van der Waals surface area contributed by atoms with Gasteiger partial charge in [0, 0.05) is 17.0 Å². The highest BCUT2D eigenvalue weighted by Gasteiger charge is 2.18. The zero-order valence-electron chi connectivity index (χ0n) is 11.4. The summed E-state index contributed by atoms with van der Waals surface area (Å²) in [6, 6.07) is 5.16. The van der Waals surface area contributed by atoms with Crippen LogP contribution in [-0.4, -0.2) is 17.1 Å². The quantitative estimate of drug-likeness (QED) is 0.888. The lowest BCUT2D eigenvalue weighted by molar-refractivity contribution is -0.118. The Morgan fingerprint density at radius 1 is 1.45 bits per heavy atom. The summed E-state index contributed by atoms with van der Waals surface area (Å²) >= 11 is 7.40. The minimum absolute atomic E-state index is 0.0460. The molecular weight excluding hydrogens is 298 g/mol. The molecule has 7 heteroatoms. The minimum atomic E-state index is -0.365. The van der Waals surface area contributed by atoms with Crippen molar-refractivity contribution in [2.45, 2.75) is 32.9 Å². The maximum Gasteiger partial charge on any atom is 0.243 e. The van der Waals surface area contributed by atoms with E-state index in [9.17, 15) is 4.79 Å². The zero-order valence-corrected chi connectivity index (χ0v) is 13.0. The van der Waals surface area contributed by atoms with Crippen molar-refractivity contribution in [2.75, 3.05) is 5.32 Å². The first-order chi connectivity index (χ1) is 9.45. The van der Waals surface area contributed by atoms with Gasteiger partial charge in [-0.25, -0.2) is 0 Å². The number of nitrogens with one attached hydrogen (secondary N) is 2. The molecule has 108 valence electrons. The third-order valence-corrected chi connectivity index (χ3v) is 4.20. The van der Waals surface area contributed by atoms with Crippen molar-refractivity contribution < 1.29 is 9.32 Å². The number of aromatic nitrogens is 1. The molecule has 2 aromatic rings. The van der Waals surface area contributed by atoms with Crippen LogP contribution in [-0.2, 0) is 4.79 Å². The number of thiophene rings is 1. The van der Waals surface area contributed by atoms with E-state index in [2.05, 4.69) is 15.8 Å². The number of halogens is 1. The standard InChI is InChI=1S/C13H16ClN3O2S/c1-7-6-12(19-17-7)16-13(18)9(3)15-8(2)10-4-5-11(14)20-10/h4-6,8-9,15H,1-3H3,(H,16,18)/t8-,9+/m0/s1. The second-order valence-corrected chi connectivity index (χ2v) is 6.32. The molecule has 0 radical (unpaired) electrons. The molecule has 20 heavy (non-hydrogen) atoms. The first-order valence-electron chi connectivity index (χ1n) is 6.21. The van der Waals surface area contributed by atoms with Crippen LogP contribution in [0.5, 0.6) is 0 Å². The molecule has 0 saturated heterocycles. The van der Waals surface area contributed by atoms with Crippen molar-refractivity contribution in [2.24, 2.45) is 0 Å². The number of hydrogen-bond donors (Lipinski definition) is 2. The second kappa shape index (κ2) is 6.39. The fourth-order valence-electron chi connectivity index (χ4n) is 1.75. The van der Waals surface area contributed by atoms with Crippen LogP contribution in [0, 0.1) is 6.92 Å². The third-order valence-electron chi connectivity index (χ3n) is 2.79. The van der Waals surface area contributed by atoms with Gasteiger partial charge in [-0.2, -0.15) is 0 Å². The Kier molecular flexibility index (Phi) is 4.80. The molecular formula is C13H16ClN3O2S. The van der Waals surface area contributed by atoms with Crippen LogP contribution < -0.4 is 10.6 Å². The molecule has 0 aliphatic heterocycles. The average Bonchev–Trinajstić information content (AvgIpc) is 2.98. The molecule has 0 aliphatic rings. The maximum absolute atomic E-state index is 12.0. The largest absolute Gasteiger partial charge is 0.338 e. The molecule has 0 spiro atoms. The molecule has 2 atom stereocenters. The Morgan fingerprint density at radius 2 is 2.20 bits per heavy atom. The van der Waals surface area contributed by atoms with Gasteiger partial charge >= 0.3 is 0 Å². The molecule has 2 rings (SSSR count). The van der Waals surface area contributed by atoms with Gasteiger partial charge in [-0.3, -0.25) is 15.4 Å². The molecule has 0 bridgehead atoms. The summed E-state index contributed by atoms with van der Waals surface area (Å²) in [5.74, 6) is 0.184. The van der Waals surface area contributed by atoms with Crippen LogP contribution in [0.1, 0.15) is 30.5 Å². The number of hydrogen-bond acceptors (Lipinski definition) is 5. The molecule has 0 fully saturated rings. The van der Waals surface area contributed by atoms with Crippen LogP contribution in [0.2, 0.25) is 4.34 Å². The Bertz CT molecular complexity index is 596. The molecule has 2 aromatic heterocycles. The van der Waals surface area contributed by atoms with Crippen molar-refractivity contribution in [3.63, 3.8) is 0 Å². The Balaban J connectivity index is 1.90. The number of aryl methyl sites for hydroxylation is 1. The van der Waals surface area contributed by atoms with E-state index in [-0.39, 0.29) is 18.0 Å². The molecule has 2 N–H and O–H groups in total. The van der Waals surface area contributed by atoms with Gasteiger partial charge in [-0.1, -0.05) is 16.8 Å². The summed E-state index contributed by atoms with van der Waals surface area (Å²) in [6.07, 6.45) is 0. The molecule has 0 unspecified atom stereocenters. The van der Waals surface area contributed by atoms with Crippen LogP contribution >= 0.6 is 22.9 Å². The minimum Gasteiger partial charge on any atom is -0.338 e. The molecule has 0 aromatic carbocycles. The zero-order chi connectivity index (χ0) is 14.7. The van der Waals surface area contributed by atoms with Crippen molar-refractivity contribution >= 4 is 34.7 Å². The Hall–Kier alpha value is -1.37. The van der Waals surface area contributed by atoms with Crippen molar-refractivity contribution in [3.05, 3.63) is 33.1 Å². The van der Waals surface area contributed by atoms with Gasteiger partial charge in [0.15, 0.2) is 0 Å². The van der Waals surface area contributed by atoms with E-state index in [4.69, 9.17) is 16.1 Å². The summed E-state index contributed by atoms with van der Waals surface area (Å²) in [4.78, 5) is 13.1. The highest BCUT2D eigenvalue weighted by Crippen LogP contribution is 2.26. The monoisotopic (exact) mass is 313 g/mol. The number of rotatable bonds is 5. The SMILES string of the molecule is Cc1cc(NC(=O)[C@@H](C)N[C@@H](C)c2ccc(Cl)s2)on1. The first-order valence-corrected chi connectivity index (χ1v) is 7.40. The van der Waals surface area contributed by atoms with E-state index < -0.39 is 0 Å². The predicted molar refractivity (Wildman–Crippen MR) is 80.2 cm³/mol. The summed E-state index contributed by atoms with van der Waals surface area (Å²) in [6.45, 7) is 5.58. The number of carbonyl (C=O) groups excluding carboxylic acids is 1. The number of amides is 1. The van der Waals surface area contributed by atoms with Crippen molar-refractivity contribution in [1.29, 1.82) is 0 Å². The molecule has 2 heterocycles. The van der Waals surface area contributed by atoms with Gasteiger partial charge in [0.05, 0.1) is 16.1 Å². The van der Waals surface area contributed by atoms with Crippen LogP contribution in [0.25, 0.3) is 0 Å². The maximum atomic E-state index is 12.0. The summed E-state index contributed by atoms with van der Waals surface area (Å²) in [5.41, 5.74) is 0.725.